The summed E-state index contributed by atoms with van der Waals surface area (Å²) in [4.78, 5) is 18.4. The molecule has 0 spiro atoms. The Kier molecular flexibility index (Phi) is 3.38. The van der Waals surface area contributed by atoms with E-state index < -0.39 is 0 Å². The molecule has 0 bridgehead atoms. The molecule has 2 aromatic rings. The van der Waals surface area contributed by atoms with Gasteiger partial charge in [-0.2, -0.15) is 4.98 Å². The minimum absolute atomic E-state index is 0.0920. The first-order valence-electron chi connectivity index (χ1n) is 7.63. The van der Waals surface area contributed by atoms with Crippen LogP contribution in [0, 0.1) is 0 Å². The maximum absolute atomic E-state index is 12.2. The van der Waals surface area contributed by atoms with Crippen molar-refractivity contribution in [3.8, 4) is 0 Å². The van der Waals surface area contributed by atoms with Crippen LogP contribution in [0.4, 0.5) is 5.69 Å². The molecule has 3 heterocycles. The molecular formula is C16H17N3O3. The lowest BCUT2D eigenvalue weighted by Gasteiger charge is -2.28. The Balaban J connectivity index is 1.56. The van der Waals surface area contributed by atoms with Crippen molar-refractivity contribution in [3.63, 3.8) is 0 Å². The van der Waals surface area contributed by atoms with E-state index in [0.29, 0.717) is 24.7 Å². The fourth-order valence-electron chi connectivity index (χ4n) is 3.05. The molecular weight excluding hydrogens is 282 g/mol. The van der Waals surface area contributed by atoms with Crippen molar-refractivity contribution < 1.29 is 14.1 Å². The number of hydrogen-bond donors (Lipinski definition) is 0. The van der Waals surface area contributed by atoms with Crippen molar-refractivity contribution in [3.05, 3.63) is 41.5 Å². The predicted molar refractivity (Wildman–Crippen MR) is 78.2 cm³/mol. The van der Waals surface area contributed by atoms with Gasteiger partial charge in [0.1, 0.15) is 6.10 Å². The molecule has 0 N–H and O–H groups in total. The number of aromatic nitrogens is 2. The third-order valence-electron chi connectivity index (χ3n) is 4.18. The van der Waals surface area contributed by atoms with Crippen LogP contribution in [0.5, 0.6) is 0 Å². The highest BCUT2D eigenvalue weighted by Gasteiger charge is 2.27. The Morgan fingerprint density at radius 2 is 2.18 bits per heavy atom. The summed E-state index contributed by atoms with van der Waals surface area (Å²) in [5, 5.41) is 4.00. The molecule has 1 amide bonds. The monoisotopic (exact) mass is 299 g/mol. The van der Waals surface area contributed by atoms with Crippen LogP contribution in [0.25, 0.3) is 0 Å². The number of amides is 1. The Morgan fingerprint density at radius 1 is 1.27 bits per heavy atom. The lowest BCUT2D eigenvalue weighted by atomic mass is 10.0. The second kappa shape index (κ2) is 5.53. The van der Waals surface area contributed by atoms with Crippen molar-refractivity contribution in [1.29, 1.82) is 0 Å². The highest BCUT2D eigenvalue weighted by atomic mass is 16.5. The zero-order chi connectivity index (χ0) is 14.9. The van der Waals surface area contributed by atoms with Crippen molar-refractivity contribution >= 4 is 11.6 Å². The van der Waals surface area contributed by atoms with Gasteiger partial charge in [0.25, 0.3) is 5.89 Å². The Hall–Kier alpha value is -2.21. The van der Waals surface area contributed by atoms with Gasteiger partial charge >= 0.3 is 0 Å². The number of ether oxygens (including phenoxy) is 1. The van der Waals surface area contributed by atoms with Gasteiger partial charge in [0, 0.05) is 18.7 Å². The molecule has 4 rings (SSSR count). The third kappa shape index (κ3) is 2.39. The summed E-state index contributed by atoms with van der Waals surface area (Å²) in [6, 6.07) is 7.96. The van der Waals surface area contributed by atoms with Gasteiger partial charge in [-0.05, 0) is 30.9 Å². The number of fused-ring (bicyclic) bond motifs is 1. The maximum Gasteiger partial charge on any atom is 0.255 e. The lowest BCUT2D eigenvalue weighted by molar-refractivity contribution is -0.119. The Labute approximate surface area is 128 Å². The molecule has 1 aromatic carbocycles. The summed E-state index contributed by atoms with van der Waals surface area (Å²) >= 11 is 0. The molecule has 1 aromatic heterocycles. The smallest absolute Gasteiger partial charge is 0.255 e. The minimum atomic E-state index is -0.0920. The van der Waals surface area contributed by atoms with Crippen molar-refractivity contribution in [2.75, 3.05) is 11.5 Å². The fourth-order valence-corrected chi connectivity index (χ4v) is 3.05. The molecule has 0 unspecified atom stereocenters. The van der Waals surface area contributed by atoms with Crippen LogP contribution >= 0.6 is 0 Å². The van der Waals surface area contributed by atoms with Crippen LogP contribution in [0.1, 0.15) is 42.6 Å². The van der Waals surface area contributed by atoms with E-state index in [2.05, 4.69) is 16.2 Å². The van der Waals surface area contributed by atoms with Gasteiger partial charge in [-0.3, -0.25) is 4.79 Å². The molecule has 2 aliphatic rings. The molecule has 1 atom stereocenters. The van der Waals surface area contributed by atoms with Gasteiger partial charge in [0.15, 0.2) is 5.82 Å². The maximum atomic E-state index is 12.2. The van der Waals surface area contributed by atoms with Gasteiger partial charge in [0.05, 0.1) is 6.54 Å². The number of anilines is 1. The number of aryl methyl sites for hydroxylation is 1. The van der Waals surface area contributed by atoms with E-state index in [1.807, 2.05) is 18.2 Å². The average Bonchev–Trinajstić information content (AvgIpc) is 3.21. The van der Waals surface area contributed by atoms with E-state index in [1.54, 1.807) is 4.90 Å². The number of carbonyl (C=O) groups is 1. The van der Waals surface area contributed by atoms with Gasteiger partial charge in [0.2, 0.25) is 5.91 Å². The molecule has 6 heteroatoms. The van der Waals surface area contributed by atoms with E-state index in [9.17, 15) is 4.79 Å². The molecule has 0 saturated carbocycles. The number of benzene rings is 1. The number of hydrogen-bond acceptors (Lipinski definition) is 5. The summed E-state index contributed by atoms with van der Waals surface area (Å²) in [7, 11) is 0. The van der Waals surface area contributed by atoms with Crippen molar-refractivity contribution in [2.24, 2.45) is 0 Å². The largest absolute Gasteiger partial charge is 0.368 e. The van der Waals surface area contributed by atoms with Gasteiger partial charge in [-0.25, -0.2) is 0 Å². The molecule has 1 fully saturated rings. The first kappa shape index (κ1) is 13.5. The first-order chi connectivity index (χ1) is 10.8. The van der Waals surface area contributed by atoms with E-state index in [4.69, 9.17) is 9.26 Å². The Bertz CT molecular complexity index is 691. The van der Waals surface area contributed by atoms with Crippen LogP contribution in [0.3, 0.4) is 0 Å². The first-order valence-corrected chi connectivity index (χ1v) is 7.63. The number of rotatable bonds is 3. The zero-order valence-corrected chi connectivity index (χ0v) is 12.2. The second-order valence-electron chi connectivity index (χ2n) is 5.66. The Morgan fingerprint density at radius 3 is 3.05 bits per heavy atom. The summed E-state index contributed by atoms with van der Waals surface area (Å²) in [5.41, 5.74) is 2.13. The molecule has 22 heavy (non-hydrogen) atoms. The van der Waals surface area contributed by atoms with Crippen LogP contribution in [-0.2, 0) is 22.5 Å². The SMILES string of the molecule is O=C1CCc2ccccc2N1Cc1noc([C@@H]2CCCO2)n1. The quantitative estimate of drug-likeness (QED) is 0.870. The molecule has 0 radical (unpaired) electrons. The van der Waals surface area contributed by atoms with Crippen LogP contribution in [0.2, 0.25) is 0 Å². The summed E-state index contributed by atoms with van der Waals surface area (Å²) in [6.45, 7) is 1.08. The summed E-state index contributed by atoms with van der Waals surface area (Å²) in [5.74, 6) is 1.14. The topological polar surface area (TPSA) is 68.5 Å². The predicted octanol–water partition coefficient (Wildman–Crippen LogP) is 2.40. The molecule has 6 nitrogen and oxygen atoms in total. The van der Waals surface area contributed by atoms with E-state index >= 15 is 0 Å². The standard InChI is InChI=1S/C16H17N3O3/c20-15-8-7-11-4-1-2-5-12(11)19(15)10-14-17-16(22-18-14)13-6-3-9-21-13/h1-2,4-5,13H,3,6-10H2/t13-/m0/s1. The van der Waals surface area contributed by atoms with Crippen LogP contribution < -0.4 is 4.90 Å². The van der Waals surface area contributed by atoms with E-state index in [0.717, 1.165) is 31.6 Å². The van der Waals surface area contributed by atoms with Gasteiger partial charge in [-0.1, -0.05) is 23.4 Å². The van der Waals surface area contributed by atoms with Crippen molar-refractivity contribution in [1.82, 2.24) is 10.1 Å². The molecule has 0 aliphatic carbocycles. The highest BCUT2D eigenvalue weighted by molar-refractivity contribution is 5.96. The highest BCUT2D eigenvalue weighted by Crippen LogP contribution is 2.30. The minimum Gasteiger partial charge on any atom is -0.368 e. The molecule has 1 saturated heterocycles. The second-order valence-corrected chi connectivity index (χ2v) is 5.66. The van der Waals surface area contributed by atoms with Crippen molar-refractivity contribution in [2.45, 2.75) is 38.3 Å². The summed E-state index contributed by atoms with van der Waals surface area (Å²) < 4.78 is 10.8. The number of carbonyl (C=O) groups excluding carboxylic acids is 1. The molecule has 114 valence electrons. The number of nitrogens with zero attached hydrogens (tertiary/aromatic N) is 3. The van der Waals surface area contributed by atoms with Crippen LogP contribution in [0.15, 0.2) is 28.8 Å². The van der Waals surface area contributed by atoms with E-state index in [1.165, 1.54) is 5.56 Å². The molecule has 2 aliphatic heterocycles. The average molecular weight is 299 g/mol. The fraction of sp³-hybridized carbons (Fsp3) is 0.438. The number of para-hydroxylation sites is 1. The van der Waals surface area contributed by atoms with Crippen LogP contribution in [-0.4, -0.2) is 22.7 Å². The third-order valence-corrected chi connectivity index (χ3v) is 4.18. The lowest BCUT2D eigenvalue weighted by Crippen LogP contribution is -2.34. The zero-order valence-electron chi connectivity index (χ0n) is 12.2. The van der Waals surface area contributed by atoms with Gasteiger partial charge in [-0.15, -0.1) is 0 Å². The van der Waals surface area contributed by atoms with E-state index in [-0.39, 0.29) is 12.0 Å². The summed E-state index contributed by atoms with van der Waals surface area (Å²) in [6.07, 6.45) is 3.14. The van der Waals surface area contributed by atoms with Gasteiger partial charge < -0.3 is 14.2 Å². The normalized spacial score (nSPS) is 21.2.